The molecule has 0 aliphatic carbocycles. The molecule has 2 aromatic heterocycles. The molecule has 0 saturated carbocycles. The van der Waals surface area contributed by atoms with Gasteiger partial charge in [0.1, 0.15) is 23.8 Å². The zero-order valence-electron chi connectivity index (χ0n) is 16.9. The molecule has 3 N–H and O–H groups in total. The van der Waals surface area contributed by atoms with E-state index in [0.717, 1.165) is 5.56 Å². The molecular formula is C21H23FN4O4. The Labute approximate surface area is 172 Å². The van der Waals surface area contributed by atoms with E-state index in [1.54, 1.807) is 24.3 Å². The lowest BCUT2D eigenvalue weighted by Crippen LogP contribution is -2.31. The summed E-state index contributed by atoms with van der Waals surface area (Å²) in [5.74, 6) is -1.14. The number of nitrogens with one attached hydrogen (secondary N) is 2. The summed E-state index contributed by atoms with van der Waals surface area (Å²) in [4.78, 5) is 34.9. The fraction of sp³-hybridized carbons (Fsp3) is 0.286. The van der Waals surface area contributed by atoms with Crippen molar-refractivity contribution >= 4 is 28.3 Å². The lowest BCUT2D eigenvalue weighted by atomic mass is 10.1. The van der Waals surface area contributed by atoms with Crippen molar-refractivity contribution in [2.24, 2.45) is 7.05 Å². The van der Waals surface area contributed by atoms with Gasteiger partial charge in [0.05, 0.1) is 22.7 Å². The number of amides is 1. The Bertz CT molecular complexity index is 1140. The summed E-state index contributed by atoms with van der Waals surface area (Å²) in [5, 5.41) is 12.4. The van der Waals surface area contributed by atoms with Crippen molar-refractivity contribution in [2.45, 2.75) is 26.4 Å². The number of aryl methyl sites for hydroxylation is 1. The van der Waals surface area contributed by atoms with Gasteiger partial charge in [-0.05, 0) is 43.2 Å². The zero-order chi connectivity index (χ0) is 21.8. The average molecular weight is 414 g/mol. The molecule has 3 aromatic rings. The van der Waals surface area contributed by atoms with Gasteiger partial charge in [0.2, 0.25) is 0 Å². The maximum Gasteiger partial charge on any atom is 0.280 e. The van der Waals surface area contributed by atoms with Crippen LogP contribution in [0.4, 0.5) is 15.9 Å². The van der Waals surface area contributed by atoms with Gasteiger partial charge in [0.25, 0.3) is 11.5 Å². The van der Waals surface area contributed by atoms with Crippen LogP contribution in [0.2, 0.25) is 0 Å². The smallest absolute Gasteiger partial charge is 0.280 e. The molecule has 2 heterocycles. The Morgan fingerprint density at radius 1 is 1.37 bits per heavy atom. The lowest BCUT2D eigenvalue weighted by Gasteiger charge is -2.18. The fourth-order valence-electron chi connectivity index (χ4n) is 2.99. The second-order valence-corrected chi connectivity index (χ2v) is 6.87. The zero-order valence-corrected chi connectivity index (χ0v) is 16.9. The Morgan fingerprint density at radius 2 is 2.13 bits per heavy atom. The van der Waals surface area contributed by atoms with Crippen LogP contribution >= 0.6 is 0 Å². The van der Waals surface area contributed by atoms with Crippen LogP contribution in [0.15, 0.2) is 41.3 Å². The number of rotatable bonds is 7. The van der Waals surface area contributed by atoms with Gasteiger partial charge in [-0.1, -0.05) is 13.0 Å². The van der Waals surface area contributed by atoms with Crippen LogP contribution < -0.4 is 16.4 Å². The van der Waals surface area contributed by atoms with Gasteiger partial charge in [-0.15, -0.1) is 0 Å². The highest BCUT2D eigenvalue weighted by Gasteiger charge is 2.23. The normalized spacial score (nSPS) is 12.0. The topological polar surface area (TPSA) is 105 Å². The molecule has 0 spiro atoms. The predicted molar refractivity (Wildman–Crippen MR) is 111 cm³/mol. The minimum absolute atomic E-state index is 0.0114. The first-order valence-electron chi connectivity index (χ1n) is 9.46. The van der Waals surface area contributed by atoms with E-state index in [1.807, 2.05) is 6.92 Å². The standard InChI is InChI=1S/C21H23FN4O4/c1-4-13-7-8-16(15(22)10-13)24-19-17(20(28)25-30-11-12(2)27)18-14(6-5-9-23-18)21(29)26(19)3/h5-10,12,24,27H,4,11H2,1-3H3,(H,25,28). The van der Waals surface area contributed by atoms with Gasteiger partial charge in [0.15, 0.2) is 0 Å². The summed E-state index contributed by atoms with van der Waals surface area (Å²) in [5.41, 5.74) is 2.93. The highest BCUT2D eigenvalue weighted by molar-refractivity contribution is 6.09. The number of carbonyl (C=O) groups is 1. The second-order valence-electron chi connectivity index (χ2n) is 6.87. The molecular weight excluding hydrogens is 391 g/mol. The minimum atomic E-state index is -0.788. The molecule has 1 unspecified atom stereocenters. The molecule has 158 valence electrons. The molecule has 1 atom stereocenters. The van der Waals surface area contributed by atoms with Crippen LogP contribution in [0.5, 0.6) is 0 Å². The summed E-state index contributed by atoms with van der Waals surface area (Å²) in [6.07, 6.45) is 1.34. The summed E-state index contributed by atoms with van der Waals surface area (Å²) in [7, 11) is 1.48. The van der Waals surface area contributed by atoms with Crippen LogP contribution in [0.25, 0.3) is 10.9 Å². The van der Waals surface area contributed by atoms with Gasteiger partial charge in [-0.25, -0.2) is 9.87 Å². The van der Waals surface area contributed by atoms with Crippen molar-refractivity contribution in [2.75, 3.05) is 11.9 Å². The molecule has 8 nitrogen and oxygen atoms in total. The Morgan fingerprint density at radius 3 is 2.80 bits per heavy atom. The molecule has 30 heavy (non-hydrogen) atoms. The van der Waals surface area contributed by atoms with Crippen molar-refractivity contribution in [1.82, 2.24) is 15.0 Å². The van der Waals surface area contributed by atoms with Gasteiger partial charge in [-0.2, -0.15) is 0 Å². The van der Waals surface area contributed by atoms with E-state index in [0.29, 0.717) is 6.42 Å². The van der Waals surface area contributed by atoms with Gasteiger partial charge < -0.3 is 10.4 Å². The quantitative estimate of drug-likeness (QED) is 0.513. The number of benzene rings is 1. The molecule has 1 amide bonds. The van der Waals surface area contributed by atoms with Crippen LogP contribution in [0.1, 0.15) is 29.8 Å². The predicted octanol–water partition coefficient (Wildman–Crippen LogP) is 2.42. The van der Waals surface area contributed by atoms with Gasteiger partial charge >= 0.3 is 0 Å². The average Bonchev–Trinajstić information content (AvgIpc) is 2.72. The van der Waals surface area contributed by atoms with Crippen LogP contribution in [-0.2, 0) is 18.3 Å². The number of anilines is 2. The van der Waals surface area contributed by atoms with E-state index < -0.39 is 23.4 Å². The first kappa shape index (κ1) is 21.4. The van der Waals surface area contributed by atoms with E-state index in [9.17, 15) is 19.1 Å². The number of hydrogen-bond acceptors (Lipinski definition) is 6. The summed E-state index contributed by atoms with van der Waals surface area (Å²) >= 11 is 0. The van der Waals surface area contributed by atoms with Crippen LogP contribution in [0.3, 0.4) is 0 Å². The number of halogens is 1. The number of aliphatic hydroxyl groups excluding tert-OH is 1. The largest absolute Gasteiger partial charge is 0.391 e. The molecule has 0 radical (unpaired) electrons. The molecule has 0 bridgehead atoms. The third-order valence-corrected chi connectivity index (χ3v) is 4.56. The highest BCUT2D eigenvalue weighted by atomic mass is 19.1. The number of pyridine rings is 2. The summed E-state index contributed by atoms with van der Waals surface area (Å²) < 4.78 is 15.8. The number of aliphatic hydroxyl groups is 1. The van der Waals surface area contributed by atoms with E-state index in [4.69, 9.17) is 4.84 Å². The van der Waals surface area contributed by atoms with Crippen molar-refractivity contribution in [3.05, 3.63) is 63.8 Å². The van der Waals surface area contributed by atoms with Crippen LogP contribution in [-0.4, -0.2) is 33.3 Å². The third-order valence-electron chi connectivity index (χ3n) is 4.56. The van der Waals surface area contributed by atoms with Crippen molar-refractivity contribution in [3.8, 4) is 0 Å². The van der Waals surface area contributed by atoms with Crippen LogP contribution in [0, 0.1) is 5.82 Å². The van der Waals surface area contributed by atoms with E-state index in [2.05, 4.69) is 15.8 Å². The fourth-order valence-corrected chi connectivity index (χ4v) is 2.99. The number of hydroxylamine groups is 1. The molecule has 9 heteroatoms. The SMILES string of the molecule is CCc1ccc(Nc2c(C(=O)NOCC(C)O)c3ncccc3c(=O)n2C)c(F)c1. The molecule has 0 saturated heterocycles. The van der Waals surface area contributed by atoms with Crippen molar-refractivity contribution < 1.29 is 19.1 Å². The second kappa shape index (κ2) is 9.02. The maximum atomic E-state index is 14.6. The number of carbonyl (C=O) groups excluding carboxylic acids is 1. The Balaban J connectivity index is 2.13. The highest BCUT2D eigenvalue weighted by Crippen LogP contribution is 2.27. The number of hydrogen-bond donors (Lipinski definition) is 3. The number of nitrogens with zero attached hydrogens (tertiary/aromatic N) is 2. The molecule has 3 rings (SSSR count). The van der Waals surface area contributed by atoms with Crippen molar-refractivity contribution in [1.29, 1.82) is 0 Å². The lowest BCUT2D eigenvalue weighted by molar-refractivity contribution is -0.00677. The van der Waals surface area contributed by atoms with E-state index >= 15 is 0 Å². The van der Waals surface area contributed by atoms with E-state index in [1.165, 1.54) is 30.8 Å². The molecule has 0 aliphatic heterocycles. The number of fused-ring (bicyclic) bond motifs is 1. The first-order chi connectivity index (χ1) is 14.3. The third kappa shape index (κ3) is 4.32. The molecule has 1 aromatic carbocycles. The van der Waals surface area contributed by atoms with Gasteiger partial charge in [0, 0.05) is 13.2 Å². The summed E-state index contributed by atoms with van der Waals surface area (Å²) in [6.45, 7) is 3.29. The van der Waals surface area contributed by atoms with Gasteiger partial charge in [-0.3, -0.25) is 24.0 Å². The molecule has 0 fully saturated rings. The maximum absolute atomic E-state index is 14.6. The number of aromatic nitrogens is 2. The Hall–Kier alpha value is -3.30. The Kier molecular flexibility index (Phi) is 6.43. The first-order valence-corrected chi connectivity index (χ1v) is 9.46. The minimum Gasteiger partial charge on any atom is -0.391 e. The van der Waals surface area contributed by atoms with Crippen molar-refractivity contribution in [3.63, 3.8) is 0 Å². The molecule has 0 aliphatic rings. The van der Waals surface area contributed by atoms with E-state index in [-0.39, 0.29) is 34.6 Å². The monoisotopic (exact) mass is 414 g/mol. The summed E-state index contributed by atoms with van der Waals surface area (Å²) in [6, 6.07) is 7.84.